The lowest BCUT2D eigenvalue weighted by atomic mass is 9.59. The maximum atomic E-state index is 6.70. The molecule has 3 atom stereocenters. The molecule has 0 amide bonds. The van der Waals surface area contributed by atoms with E-state index in [0.29, 0.717) is 17.5 Å². The molecule has 0 N–H and O–H groups in total. The number of ether oxygens (including phenoxy) is 1. The van der Waals surface area contributed by atoms with Crippen molar-refractivity contribution in [2.24, 2.45) is 5.92 Å². The van der Waals surface area contributed by atoms with Gasteiger partial charge in [-0.3, -0.25) is 0 Å². The molecule has 4 nitrogen and oxygen atoms in total. The van der Waals surface area contributed by atoms with Crippen molar-refractivity contribution >= 4 is 0 Å². The normalized spacial score (nSPS) is 19.6. The molecule has 57 heavy (non-hydrogen) atoms. The predicted octanol–water partition coefficient (Wildman–Crippen LogP) is 12.7. The maximum Gasteiger partial charge on any atom is 0.164 e. The Labute approximate surface area is 332 Å². The number of para-hydroxylation sites is 1. The number of nitrogens with zero attached hydrogens (tertiary/aromatic N) is 3. The molecule has 3 unspecified atom stereocenters. The predicted molar refractivity (Wildman–Crippen MR) is 229 cm³/mol. The Morgan fingerprint density at radius 3 is 1.47 bits per heavy atom. The lowest BCUT2D eigenvalue weighted by molar-refractivity contribution is 0.329. The first-order chi connectivity index (χ1) is 28.1. The first-order valence-corrected chi connectivity index (χ1v) is 19.6. The Morgan fingerprint density at radius 2 is 0.860 bits per heavy atom. The Balaban J connectivity index is 0.949. The molecule has 2 aliphatic carbocycles. The van der Waals surface area contributed by atoms with Crippen LogP contribution in [0.25, 0.3) is 56.4 Å². The molecule has 11 rings (SSSR count). The SMILES string of the molecule is CC12C=CC=CC1C1(c3ccccc3Oc3ccc(-c4ccc(-c5ccc(-c6nc(-c7ccccc7)nc(-c7ccccc7)n6)cc5)cc4)cc31)c1ccccc12. The molecule has 0 fully saturated rings. The molecule has 1 spiro atoms. The molecule has 3 aliphatic rings. The number of hydrogen-bond donors (Lipinski definition) is 0. The summed E-state index contributed by atoms with van der Waals surface area (Å²) < 4.78 is 6.70. The lowest BCUT2D eigenvalue weighted by Crippen LogP contribution is -2.42. The zero-order valence-corrected chi connectivity index (χ0v) is 31.4. The minimum Gasteiger partial charge on any atom is -0.457 e. The van der Waals surface area contributed by atoms with Crippen molar-refractivity contribution < 1.29 is 4.74 Å². The van der Waals surface area contributed by atoms with E-state index in [1.165, 1.54) is 22.3 Å². The van der Waals surface area contributed by atoms with Crippen LogP contribution >= 0.6 is 0 Å². The molecule has 2 heterocycles. The second kappa shape index (κ2) is 13.0. The average molecular weight is 732 g/mol. The molecule has 8 aromatic rings. The van der Waals surface area contributed by atoms with Crippen LogP contribution in [0.3, 0.4) is 0 Å². The van der Waals surface area contributed by atoms with Gasteiger partial charge in [0.25, 0.3) is 0 Å². The minimum absolute atomic E-state index is 0.155. The van der Waals surface area contributed by atoms with Crippen LogP contribution in [0, 0.1) is 5.92 Å². The first-order valence-electron chi connectivity index (χ1n) is 19.6. The molecule has 4 heteroatoms. The Bertz CT molecular complexity index is 2820. The fourth-order valence-electron chi connectivity index (χ4n) is 9.53. The van der Waals surface area contributed by atoms with Crippen LogP contribution in [0.4, 0.5) is 0 Å². The third-order valence-electron chi connectivity index (χ3n) is 12.2. The monoisotopic (exact) mass is 731 g/mol. The van der Waals surface area contributed by atoms with Gasteiger partial charge in [0.1, 0.15) is 11.5 Å². The molecule has 270 valence electrons. The van der Waals surface area contributed by atoms with Gasteiger partial charge in [0, 0.05) is 39.2 Å². The smallest absolute Gasteiger partial charge is 0.164 e. The lowest BCUT2D eigenvalue weighted by Gasteiger charge is -2.45. The number of hydrogen-bond acceptors (Lipinski definition) is 4. The van der Waals surface area contributed by atoms with Crippen molar-refractivity contribution in [3.63, 3.8) is 0 Å². The Hall–Kier alpha value is -7.17. The molecule has 1 aromatic heterocycles. The van der Waals surface area contributed by atoms with E-state index in [9.17, 15) is 0 Å². The Kier molecular flexibility index (Phi) is 7.55. The van der Waals surface area contributed by atoms with Crippen molar-refractivity contribution in [3.05, 3.63) is 222 Å². The minimum atomic E-state index is -0.406. The highest BCUT2D eigenvalue weighted by atomic mass is 16.5. The van der Waals surface area contributed by atoms with Gasteiger partial charge in [0.2, 0.25) is 0 Å². The number of allylic oxidation sites excluding steroid dienone is 4. The number of aromatic nitrogens is 3. The molecule has 0 saturated carbocycles. The van der Waals surface area contributed by atoms with Gasteiger partial charge in [-0.15, -0.1) is 0 Å². The number of benzene rings is 7. The van der Waals surface area contributed by atoms with Gasteiger partial charge in [0.15, 0.2) is 17.5 Å². The average Bonchev–Trinajstić information content (AvgIpc) is 3.52. The van der Waals surface area contributed by atoms with E-state index in [-0.39, 0.29) is 11.3 Å². The zero-order valence-electron chi connectivity index (χ0n) is 31.4. The number of rotatable bonds is 5. The summed E-state index contributed by atoms with van der Waals surface area (Å²) >= 11 is 0. The fraction of sp³-hybridized carbons (Fsp3) is 0.0755. The van der Waals surface area contributed by atoms with E-state index >= 15 is 0 Å². The van der Waals surface area contributed by atoms with Gasteiger partial charge in [0.05, 0.1) is 5.41 Å². The molecule has 0 bridgehead atoms. The van der Waals surface area contributed by atoms with Gasteiger partial charge in [-0.05, 0) is 51.6 Å². The van der Waals surface area contributed by atoms with E-state index in [0.717, 1.165) is 50.4 Å². The van der Waals surface area contributed by atoms with E-state index in [1.807, 2.05) is 60.7 Å². The highest BCUT2D eigenvalue weighted by molar-refractivity contribution is 5.77. The van der Waals surface area contributed by atoms with Crippen molar-refractivity contribution in [2.45, 2.75) is 17.8 Å². The summed E-state index contributed by atoms with van der Waals surface area (Å²) in [7, 11) is 0. The summed E-state index contributed by atoms with van der Waals surface area (Å²) in [4.78, 5) is 14.7. The van der Waals surface area contributed by atoms with Crippen molar-refractivity contribution in [3.8, 4) is 67.9 Å². The quantitative estimate of drug-likeness (QED) is 0.177. The van der Waals surface area contributed by atoms with E-state index in [4.69, 9.17) is 19.7 Å². The summed E-state index contributed by atoms with van der Waals surface area (Å²) in [5.74, 6) is 3.98. The van der Waals surface area contributed by atoms with Crippen LogP contribution in [0.15, 0.2) is 200 Å². The van der Waals surface area contributed by atoms with Crippen LogP contribution in [0.1, 0.15) is 29.2 Å². The topological polar surface area (TPSA) is 47.9 Å². The van der Waals surface area contributed by atoms with E-state index in [1.54, 1.807) is 0 Å². The summed E-state index contributed by atoms with van der Waals surface area (Å²) in [6, 6.07) is 61.9. The van der Waals surface area contributed by atoms with E-state index < -0.39 is 5.41 Å². The van der Waals surface area contributed by atoms with Crippen LogP contribution < -0.4 is 4.74 Å². The van der Waals surface area contributed by atoms with Crippen LogP contribution in [0.5, 0.6) is 11.5 Å². The highest BCUT2D eigenvalue weighted by Gasteiger charge is 2.61. The first kappa shape index (κ1) is 33.2. The molecule has 7 aromatic carbocycles. The molecule has 1 aliphatic heterocycles. The van der Waals surface area contributed by atoms with Crippen LogP contribution in [0.2, 0.25) is 0 Å². The Morgan fingerprint density at radius 1 is 0.404 bits per heavy atom. The third-order valence-corrected chi connectivity index (χ3v) is 12.2. The largest absolute Gasteiger partial charge is 0.457 e. The van der Waals surface area contributed by atoms with Gasteiger partial charge in [-0.2, -0.15) is 0 Å². The maximum absolute atomic E-state index is 6.70. The fourth-order valence-corrected chi connectivity index (χ4v) is 9.53. The summed E-state index contributed by atoms with van der Waals surface area (Å²) in [5.41, 5.74) is 12.0. The van der Waals surface area contributed by atoms with Gasteiger partial charge in [-0.1, -0.05) is 189 Å². The molecular weight excluding hydrogens is 695 g/mol. The van der Waals surface area contributed by atoms with Crippen molar-refractivity contribution in [2.75, 3.05) is 0 Å². The molecule has 0 saturated heterocycles. The summed E-state index contributed by atoms with van der Waals surface area (Å²) in [5, 5.41) is 0. The van der Waals surface area contributed by atoms with E-state index in [2.05, 4.69) is 146 Å². The van der Waals surface area contributed by atoms with Crippen LogP contribution in [-0.4, -0.2) is 15.0 Å². The van der Waals surface area contributed by atoms with Crippen molar-refractivity contribution in [1.82, 2.24) is 15.0 Å². The summed E-state index contributed by atoms with van der Waals surface area (Å²) in [6.45, 7) is 2.39. The molecular formula is C53H37N3O. The molecule has 0 radical (unpaired) electrons. The third kappa shape index (κ3) is 5.18. The standard InChI is InChI=1S/C53H37N3O/c1-52-33-13-12-22-48(52)53(43-19-9-8-18-42(43)52)44-20-10-11-21-46(44)57-47-32-31-41(34-45(47)53)37-25-23-35(24-26-37)36-27-29-40(30-28-36)51-55-49(38-14-4-2-5-15-38)54-50(56-51)39-16-6-3-7-17-39/h2-34,48H,1H3. The van der Waals surface area contributed by atoms with Gasteiger partial charge >= 0.3 is 0 Å². The second-order valence-electron chi connectivity index (χ2n) is 15.4. The highest BCUT2D eigenvalue weighted by Crippen LogP contribution is 2.66. The van der Waals surface area contributed by atoms with Gasteiger partial charge < -0.3 is 4.74 Å². The number of fused-ring (bicyclic) bond motifs is 9. The second-order valence-corrected chi connectivity index (χ2v) is 15.4. The summed E-state index contributed by atoms with van der Waals surface area (Å²) in [6.07, 6.45) is 9.25. The van der Waals surface area contributed by atoms with Gasteiger partial charge in [-0.25, -0.2) is 15.0 Å². The zero-order chi connectivity index (χ0) is 38.0. The van der Waals surface area contributed by atoms with Crippen LogP contribution in [-0.2, 0) is 10.8 Å². The van der Waals surface area contributed by atoms with Crippen molar-refractivity contribution in [1.29, 1.82) is 0 Å².